The summed E-state index contributed by atoms with van der Waals surface area (Å²) in [4.78, 5) is 8.89. The summed E-state index contributed by atoms with van der Waals surface area (Å²) < 4.78 is 2.62. The van der Waals surface area contributed by atoms with Gasteiger partial charge >= 0.3 is 0 Å². The first-order valence-electron chi connectivity index (χ1n) is 7.51. The Morgan fingerprint density at radius 2 is 1.43 bits per heavy atom. The maximum absolute atomic E-state index is 4.53. The van der Waals surface area contributed by atoms with Crippen LogP contribution in [0, 0.1) is 0 Å². The van der Waals surface area contributed by atoms with Crippen molar-refractivity contribution in [1.82, 2.24) is 9.97 Å². The minimum Gasteiger partial charge on any atom is -0.236 e. The molecule has 0 radical (unpaired) electrons. The predicted molar refractivity (Wildman–Crippen MR) is 97.9 cm³/mol. The third-order valence-electron chi connectivity index (χ3n) is 4.20. The maximum atomic E-state index is 4.53. The van der Waals surface area contributed by atoms with Gasteiger partial charge in [-0.2, -0.15) is 0 Å². The molecule has 0 aliphatic carbocycles. The van der Waals surface area contributed by atoms with Crippen molar-refractivity contribution in [3.63, 3.8) is 0 Å². The molecule has 108 valence electrons. The van der Waals surface area contributed by atoms with Gasteiger partial charge in [-0.25, -0.2) is 9.97 Å². The molecule has 0 fully saturated rings. The summed E-state index contributed by atoms with van der Waals surface area (Å²) in [5, 5.41) is 3.73. The molecule has 0 amide bonds. The highest BCUT2D eigenvalue weighted by Crippen LogP contribution is 2.36. The Bertz CT molecular complexity index is 1170. The number of para-hydroxylation sites is 1. The van der Waals surface area contributed by atoms with Crippen LogP contribution in [-0.2, 0) is 0 Å². The highest BCUT2D eigenvalue weighted by molar-refractivity contribution is 7.25. The fraction of sp³-hybridized carbons (Fsp3) is 0. The van der Waals surface area contributed by atoms with E-state index < -0.39 is 0 Å². The van der Waals surface area contributed by atoms with Crippen molar-refractivity contribution in [1.29, 1.82) is 0 Å². The minimum atomic E-state index is 0.980. The van der Waals surface area contributed by atoms with Crippen molar-refractivity contribution < 1.29 is 0 Å². The van der Waals surface area contributed by atoms with E-state index in [1.165, 1.54) is 20.2 Å². The number of nitrogens with zero attached hydrogens (tertiary/aromatic N) is 2. The molecule has 5 aromatic rings. The number of thiophene rings is 1. The lowest BCUT2D eigenvalue weighted by Gasteiger charge is -2.05. The molecule has 0 unspecified atom stereocenters. The van der Waals surface area contributed by atoms with E-state index in [9.17, 15) is 0 Å². The number of benzene rings is 3. The van der Waals surface area contributed by atoms with Crippen LogP contribution >= 0.6 is 11.3 Å². The van der Waals surface area contributed by atoms with Crippen LogP contribution in [0.25, 0.3) is 42.3 Å². The Labute approximate surface area is 137 Å². The summed E-state index contributed by atoms with van der Waals surface area (Å²) in [7, 11) is 0. The Balaban J connectivity index is 1.81. The van der Waals surface area contributed by atoms with E-state index in [0.717, 1.165) is 22.2 Å². The number of fused-ring (bicyclic) bond motifs is 4. The number of hydrogen-bond donors (Lipinski definition) is 0. The topological polar surface area (TPSA) is 25.8 Å². The SMILES string of the molecule is c1ccc2c(-c3ccc4c(c3)sc3ccccc34)ncnc2c1. The summed E-state index contributed by atoms with van der Waals surface area (Å²) in [5.41, 5.74) is 3.12. The van der Waals surface area contributed by atoms with Gasteiger partial charge in [-0.1, -0.05) is 48.5 Å². The van der Waals surface area contributed by atoms with Crippen LogP contribution in [0.15, 0.2) is 73.1 Å². The maximum Gasteiger partial charge on any atom is 0.116 e. The molecule has 0 bridgehead atoms. The lowest BCUT2D eigenvalue weighted by atomic mass is 10.0. The Morgan fingerprint density at radius 1 is 0.652 bits per heavy atom. The van der Waals surface area contributed by atoms with E-state index in [2.05, 4.69) is 58.5 Å². The molecule has 0 saturated carbocycles. The second-order valence-electron chi connectivity index (χ2n) is 5.55. The Morgan fingerprint density at radius 3 is 2.39 bits per heavy atom. The zero-order valence-corrected chi connectivity index (χ0v) is 13.0. The molecule has 0 N–H and O–H groups in total. The minimum absolute atomic E-state index is 0.980. The lowest BCUT2D eigenvalue weighted by Crippen LogP contribution is -1.88. The first-order valence-corrected chi connectivity index (χ1v) is 8.33. The highest BCUT2D eigenvalue weighted by atomic mass is 32.1. The molecule has 2 nitrogen and oxygen atoms in total. The molecular weight excluding hydrogens is 300 g/mol. The molecule has 2 heterocycles. The van der Waals surface area contributed by atoms with Crippen molar-refractivity contribution >= 4 is 42.4 Å². The first-order chi connectivity index (χ1) is 11.4. The quantitative estimate of drug-likeness (QED) is 0.399. The van der Waals surface area contributed by atoms with E-state index in [4.69, 9.17) is 0 Å². The molecule has 2 aromatic heterocycles. The van der Waals surface area contributed by atoms with Gasteiger partial charge in [0.15, 0.2) is 0 Å². The predicted octanol–water partition coefficient (Wildman–Crippen LogP) is 5.66. The molecule has 0 aliphatic rings. The van der Waals surface area contributed by atoms with E-state index in [0.29, 0.717) is 0 Å². The second kappa shape index (κ2) is 4.86. The first kappa shape index (κ1) is 12.7. The third-order valence-corrected chi connectivity index (χ3v) is 5.33. The van der Waals surface area contributed by atoms with Gasteiger partial charge in [0.05, 0.1) is 11.2 Å². The molecule has 0 saturated heterocycles. The summed E-state index contributed by atoms with van der Waals surface area (Å²) in [6, 6.07) is 23.3. The van der Waals surface area contributed by atoms with E-state index in [1.54, 1.807) is 6.33 Å². The number of hydrogen-bond acceptors (Lipinski definition) is 3. The van der Waals surface area contributed by atoms with E-state index in [1.807, 2.05) is 29.5 Å². The summed E-state index contributed by atoms with van der Waals surface area (Å²) in [6.45, 7) is 0. The van der Waals surface area contributed by atoms with Gasteiger partial charge in [0.2, 0.25) is 0 Å². The molecule has 3 aromatic carbocycles. The smallest absolute Gasteiger partial charge is 0.116 e. The zero-order chi connectivity index (χ0) is 15.2. The second-order valence-corrected chi connectivity index (χ2v) is 6.63. The average Bonchev–Trinajstić information content (AvgIpc) is 2.99. The van der Waals surface area contributed by atoms with Gasteiger partial charge in [-0.15, -0.1) is 11.3 Å². The fourth-order valence-electron chi connectivity index (χ4n) is 3.11. The highest BCUT2D eigenvalue weighted by Gasteiger charge is 2.09. The number of rotatable bonds is 1. The van der Waals surface area contributed by atoms with Crippen molar-refractivity contribution in [3.05, 3.63) is 73.1 Å². The monoisotopic (exact) mass is 312 g/mol. The van der Waals surface area contributed by atoms with Gasteiger partial charge in [-0.05, 0) is 18.2 Å². The van der Waals surface area contributed by atoms with Crippen LogP contribution in [0.2, 0.25) is 0 Å². The fourth-order valence-corrected chi connectivity index (χ4v) is 4.25. The molecular formula is C20H12N2S. The molecule has 5 rings (SSSR count). The molecule has 0 spiro atoms. The van der Waals surface area contributed by atoms with Gasteiger partial charge < -0.3 is 0 Å². The van der Waals surface area contributed by atoms with Gasteiger partial charge in [-0.3, -0.25) is 0 Å². The standard InChI is InChI=1S/C20H12N2S/c1-3-7-17-16(6-1)20(22-12-21-17)13-9-10-15-14-5-2-4-8-18(14)23-19(15)11-13/h1-12H. The van der Waals surface area contributed by atoms with Crippen LogP contribution in [0.5, 0.6) is 0 Å². The van der Waals surface area contributed by atoms with Crippen LogP contribution < -0.4 is 0 Å². The largest absolute Gasteiger partial charge is 0.236 e. The Hall–Kier alpha value is -2.78. The summed E-state index contributed by atoms with van der Waals surface area (Å²) in [6.07, 6.45) is 1.65. The van der Waals surface area contributed by atoms with Crippen molar-refractivity contribution in [2.24, 2.45) is 0 Å². The van der Waals surface area contributed by atoms with Crippen LogP contribution in [0.1, 0.15) is 0 Å². The van der Waals surface area contributed by atoms with Crippen molar-refractivity contribution in [2.45, 2.75) is 0 Å². The average molecular weight is 312 g/mol. The Kier molecular flexibility index (Phi) is 2.69. The van der Waals surface area contributed by atoms with Gasteiger partial charge in [0.25, 0.3) is 0 Å². The summed E-state index contributed by atoms with van der Waals surface area (Å²) in [5.74, 6) is 0. The number of aromatic nitrogens is 2. The molecule has 0 aliphatic heterocycles. The molecule has 23 heavy (non-hydrogen) atoms. The van der Waals surface area contributed by atoms with Gasteiger partial charge in [0.1, 0.15) is 6.33 Å². The third kappa shape index (κ3) is 1.94. The normalized spacial score (nSPS) is 11.5. The van der Waals surface area contributed by atoms with Crippen molar-refractivity contribution in [2.75, 3.05) is 0 Å². The lowest BCUT2D eigenvalue weighted by molar-refractivity contribution is 1.23. The summed E-state index contributed by atoms with van der Waals surface area (Å²) >= 11 is 1.83. The van der Waals surface area contributed by atoms with Crippen LogP contribution in [0.3, 0.4) is 0 Å². The van der Waals surface area contributed by atoms with Crippen LogP contribution in [0.4, 0.5) is 0 Å². The zero-order valence-electron chi connectivity index (χ0n) is 12.2. The van der Waals surface area contributed by atoms with E-state index in [-0.39, 0.29) is 0 Å². The van der Waals surface area contributed by atoms with Crippen LogP contribution in [-0.4, -0.2) is 9.97 Å². The molecule has 3 heteroatoms. The van der Waals surface area contributed by atoms with Gasteiger partial charge in [0, 0.05) is 31.1 Å². The van der Waals surface area contributed by atoms with E-state index >= 15 is 0 Å². The van der Waals surface area contributed by atoms with Crippen molar-refractivity contribution in [3.8, 4) is 11.3 Å². The molecule has 0 atom stereocenters.